The largest absolute Gasteiger partial charge is 0.492 e. The smallest absolute Gasteiger partial charge is 0.155 e. The van der Waals surface area contributed by atoms with Crippen LogP contribution in [0.5, 0.6) is 5.75 Å². The Kier molecular flexibility index (Phi) is 4.27. The van der Waals surface area contributed by atoms with Crippen LogP contribution >= 0.6 is 0 Å². The van der Waals surface area contributed by atoms with Gasteiger partial charge in [-0.3, -0.25) is 4.98 Å². The summed E-state index contributed by atoms with van der Waals surface area (Å²) in [5.74, 6) is 2.26. The molecule has 0 spiro atoms. The van der Waals surface area contributed by atoms with Crippen molar-refractivity contribution in [2.24, 2.45) is 0 Å². The summed E-state index contributed by atoms with van der Waals surface area (Å²) in [4.78, 5) is 6.96. The van der Waals surface area contributed by atoms with Crippen molar-refractivity contribution in [3.05, 3.63) is 53.0 Å². The standard InChI is InChI=1S/C23H27N3O2/c1-14-8-18-10-22(28-23(18)16(3)25-14)19-9-17-4-5-20(11-21(17)27-13-19)26-7-6-24-15(2)12-26/h4-5,8,10-11,15,19,24H,6-7,9,12-13H2,1-3H3/t15-,19?/m0/s1. The van der Waals surface area contributed by atoms with E-state index in [0.717, 1.165) is 59.9 Å². The van der Waals surface area contributed by atoms with Gasteiger partial charge in [-0.2, -0.15) is 0 Å². The molecule has 2 aromatic heterocycles. The third-order valence-electron chi connectivity index (χ3n) is 5.91. The Morgan fingerprint density at radius 2 is 2.07 bits per heavy atom. The maximum absolute atomic E-state index is 6.18. The van der Waals surface area contributed by atoms with Crippen molar-refractivity contribution in [3.8, 4) is 5.75 Å². The number of ether oxygens (including phenoxy) is 1. The molecule has 4 heterocycles. The van der Waals surface area contributed by atoms with Crippen LogP contribution in [0, 0.1) is 13.8 Å². The van der Waals surface area contributed by atoms with E-state index in [1.807, 2.05) is 13.8 Å². The molecule has 0 bridgehead atoms. The van der Waals surface area contributed by atoms with Crippen molar-refractivity contribution in [1.82, 2.24) is 10.3 Å². The number of piperazine rings is 1. The van der Waals surface area contributed by atoms with E-state index >= 15 is 0 Å². The molecular formula is C23H27N3O2. The number of rotatable bonds is 2. The van der Waals surface area contributed by atoms with E-state index < -0.39 is 0 Å². The highest BCUT2D eigenvalue weighted by atomic mass is 16.5. The second-order valence-electron chi connectivity index (χ2n) is 8.22. The van der Waals surface area contributed by atoms with Gasteiger partial charge in [0.05, 0.1) is 18.2 Å². The number of hydrogen-bond donors (Lipinski definition) is 1. The second kappa shape index (κ2) is 6.82. The lowest BCUT2D eigenvalue weighted by atomic mass is 9.94. The van der Waals surface area contributed by atoms with Crippen LogP contribution in [0.2, 0.25) is 0 Å². The van der Waals surface area contributed by atoms with Gasteiger partial charge >= 0.3 is 0 Å². The van der Waals surface area contributed by atoms with E-state index in [1.54, 1.807) is 0 Å². The van der Waals surface area contributed by atoms with Gasteiger partial charge in [-0.1, -0.05) is 6.07 Å². The molecule has 1 fully saturated rings. The highest BCUT2D eigenvalue weighted by molar-refractivity contribution is 5.80. The first-order chi connectivity index (χ1) is 13.6. The fourth-order valence-corrected chi connectivity index (χ4v) is 4.50. The summed E-state index contributed by atoms with van der Waals surface area (Å²) in [6, 6.07) is 11.4. The Balaban J connectivity index is 1.39. The number of nitrogens with one attached hydrogen (secondary N) is 1. The van der Waals surface area contributed by atoms with Crippen LogP contribution in [0.3, 0.4) is 0 Å². The Morgan fingerprint density at radius 3 is 2.93 bits per heavy atom. The number of benzene rings is 1. The van der Waals surface area contributed by atoms with Crippen LogP contribution in [-0.4, -0.2) is 37.3 Å². The number of nitrogens with zero attached hydrogens (tertiary/aromatic N) is 2. The normalized spacial score (nSPS) is 22.2. The Labute approximate surface area is 165 Å². The molecule has 1 unspecified atom stereocenters. The molecule has 28 heavy (non-hydrogen) atoms. The fourth-order valence-electron chi connectivity index (χ4n) is 4.50. The predicted molar refractivity (Wildman–Crippen MR) is 112 cm³/mol. The number of pyridine rings is 1. The molecule has 2 aliphatic rings. The Morgan fingerprint density at radius 1 is 1.18 bits per heavy atom. The lowest BCUT2D eigenvalue weighted by Gasteiger charge is -2.34. The molecule has 1 N–H and O–H groups in total. The average molecular weight is 377 g/mol. The van der Waals surface area contributed by atoms with Gasteiger partial charge in [0.1, 0.15) is 11.5 Å². The minimum absolute atomic E-state index is 0.240. The maximum atomic E-state index is 6.18. The van der Waals surface area contributed by atoms with E-state index in [2.05, 4.69) is 52.5 Å². The number of aryl methyl sites for hydroxylation is 2. The van der Waals surface area contributed by atoms with Crippen molar-refractivity contribution in [2.75, 3.05) is 31.1 Å². The molecule has 5 nitrogen and oxygen atoms in total. The van der Waals surface area contributed by atoms with Crippen molar-refractivity contribution in [2.45, 2.75) is 39.2 Å². The minimum atomic E-state index is 0.240. The first-order valence-corrected chi connectivity index (χ1v) is 10.2. The van der Waals surface area contributed by atoms with Crippen molar-refractivity contribution < 1.29 is 9.15 Å². The zero-order valence-corrected chi connectivity index (χ0v) is 16.8. The van der Waals surface area contributed by atoms with Crippen LogP contribution in [0.1, 0.15) is 35.6 Å². The van der Waals surface area contributed by atoms with Gasteiger partial charge < -0.3 is 19.4 Å². The van der Waals surface area contributed by atoms with Gasteiger partial charge in [0, 0.05) is 48.5 Å². The number of anilines is 1. The molecule has 1 saturated heterocycles. The van der Waals surface area contributed by atoms with E-state index in [-0.39, 0.29) is 5.92 Å². The molecule has 5 heteroatoms. The molecule has 0 amide bonds. The van der Waals surface area contributed by atoms with Crippen molar-refractivity contribution >= 4 is 16.7 Å². The van der Waals surface area contributed by atoms with E-state index in [1.165, 1.54) is 11.3 Å². The first kappa shape index (κ1) is 17.6. The SMILES string of the molecule is Cc1cc2cc(C3COc4cc(N5CCN[C@@H](C)C5)ccc4C3)oc2c(C)n1. The summed E-state index contributed by atoms with van der Waals surface area (Å²) in [5.41, 5.74) is 5.39. The molecule has 5 rings (SSSR count). The van der Waals surface area contributed by atoms with E-state index in [9.17, 15) is 0 Å². The monoisotopic (exact) mass is 377 g/mol. The molecule has 1 aromatic carbocycles. The predicted octanol–water partition coefficient (Wildman–Crippen LogP) is 3.96. The molecule has 3 aromatic rings. The van der Waals surface area contributed by atoms with Crippen LogP contribution in [0.25, 0.3) is 11.0 Å². The third kappa shape index (κ3) is 3.14. The van der Waals surface area contributed by atoms with Gasteiger partial charge in [0.25, 0.3) is 0 Å². The Hall–Kier alpha value is -2.53. The summed E-state index contributed by atoms with van der Waals surface area (Å²) < 4.78 is 12.4. The fraction of sp³-hybridized carbons (Fsp3) is 0.435. The second-order valence-corrected chi connectivity index (χ2v) is 8.22. The summed E-state index contributed by atoms with van der Waals surface area (Å²) in [6.07, 6.45) is 0.943. The number of furan rings is 1. The molecule has 0 aliphatic carbocycles. The maximum Gasteiger partial charge on any atom is 0.155 e. The van der Waals surface area contributed by atoms with Crippen LogP contribution in [0.15, 0.2) is 34.7 Å². The summed E-state index contributed by atoms with van der Waals surface area (Å²) in [5, 5.41) is 4.63. The number of hydrogen-bond acceptors (Lipinski definition) is 5. The average Bonchev–Trinajstić information content (AvgIpc) is 3.11. The molecule has 0 radical (unpaired) electrons. The topological polar surface area (TPSA) is 50.5 Å². The van der Waals surface area contributed by atoms with Gasteiger partial charge in [0.2, 0.25) is 0 Å². The lowest BCUT2D eigenvalue weighted by molar-refractivity contribution is 0.247. The zero-order chi connectivity index (χ0) is 19.3. The highest BCUT2D eigenvalue weighted by Gasteiger charge is 2.26. The van der Waals surface area contributed by atoms with Crippen LogP contribution in [0.4, 0.5) is 5.69 Å². The third-order valence-corrected chi connectivity index (χ3v) is 5.91. The van der Waals surface area contributed by atoms with Gasteiger partial charge in [-0.05, 0) is 51.0 Å². The first-order valence-electron chi connectivity index (χ1n) is 10.2. The molecule has 2 atom stereocenters. The zero-order valence-electron chi connectivity index (χ0n) is 16.8. The summed E-state index contributed by atoms with van der Waals surface area (Å²) in [7, 11) is 0. The molecule has 0 saturated carbocycles. The summed E-state index contributed by atoms with van der Waals surface area (Å²) in [6.45, 7) is 10.0. The van der Waals surface area contributed by atoms with E-state index in [0.29, 0.717) is 12.6 Å². The summed E-state index contributed by atoms with van der Waals surface area (Å²) >= 11 is 0. The number of aromatic nitrogens is 1. The van der Waals surface area contributed by atoms with E-state index in [4.69, 9.17) is 9.15 Å². The number of fused-ring (bicyclic) bond motifs is 2. The van der Waals surface area contributed by atoms with Crippen molar-refractivity contribution in [3.63, 3.8) is 0 Å². The minimum Gasteiger partial charge on any atom is -0.492 e. The highest BCUT2D eigenvalue weighted by Crippen LogP contribution is 2.37. The van der Waals surface area contributed by atoms with Crippen molar-refractivity contribution in [1.29, 1.82) is 0 Å². The van der Waals surface area contributed by atoms with Crippen LogP contribution in [-0.2, 0) is 6.42 Å². The molecular weight excluding hydrogens is 350 g/mol. The molecule has 2 aliphatic heterocycles. The lowest BCUT2D eigenvalue weighted by Crippen LogP contribution is -2.49. The van der Waals surface area contributed by atoms with Gasteiger partial charge in [-0.25, -0.2) is 0 Å². The van der Waals surface area contributed by atoms with Gasteiger partial charge in [-0.15, -0.1) is 0 Å². The van der Waals surface area contributed by atoms with Crippen LogP contribution < -0.4 is 15.0 Å². The molecule has 146 valence electrons. The van der Waals surface area contributed by atoms with Gasteiger partial charge in [0.15, 0.2) is 5.58 Å². The quantitative estimate of drug-likeness (QED) is 0.733. The Bertz CT molecular complexity index is 1030.